The van der Waals surface area contributed by atoms with Gasteiger partial charge in [0.25, 0.3) is 5.91 Å². The van der Waals surface area contributed by atoms with E-state index in [1.165, 1.54) is 11.1 Å². The number of amides is 1. The molecule has 1 aliphatic rings. The fourth-order valence-electron chi connectivity index (χ4n) is 4.97. The molecule has 1 atom stereocenters. The number of hydrogen-bond acceptors (Lipinski definition) is 2. The zero-order valence-corrected chi connectivity index (χ0v) is 20.1. The van der Waals surface area contributed by atoms with Crippen LogP contribution < -0.4 is 5.32 Å². The molecular weight excluding hydrogens is 423 g/mol. The van der Waals surface area contributed by atoms with Crippen LogP contribution in [0.25, 0.3) is 11.1 Å². The van der Waals surface area contributed by atoms with E-state index >= 15 is 0 Å². The van der Waals surface area contributed by atoms with Gasteiger partial charge in [-0.15, -0.1) is 0 Å². The Labute approximate surface area is 203 Å². The average Bonchev–Trinajstić information content (AvgIpc) is 2.88. The number of fused-ring (bicyclic) bond motifs is 1. The van der Waals surface area contributed by atoms with Gasteiger partial charge in [0.15, 0.2) is 0 Å². The van der Waals surface area contributed by atoms with Gasteiger partial charge in [0.2, 0.25) is 0 Å². The summed E-state index contributed by atoms with van der Waals surface area (Å²) in [4.78, 5) is 15.1. The first-order valence-electron chi connectivity index (χ1n) is 12.6. The topological polar surface area (TPSA) is 32.3 Å². The van der Waals surface area contributed by atoms with Crippen LogP contribution >= 0.6 is 0 Å². The lowest BCUT2D eigenvalue weighted by Crippen LogP contribution is -2.40. The highest BCUT2D eigenvalue weighted by molar-refractivity contribution is 5.94. The lowest BCUT2D eigenvalue weighted by atomic mass is 9.87. The summed E-state index contributed by atoms with van der Waals surface area (Å²) in [6, 6.07) is 23.7. The first kappa shape index (κ1) is 24.2. The summed E-state index contributed by atoms with van der Waals surface area (Å²) in [5.41, 5.74) is 5.43. The molecule has 3 aromatic carbocycles. The van der Waals surface area contributed by atoms with Gasteiger partial charge in [0, 0.05) is 18.2 Å². The zero-order valence-electron chi connectivity index (χ0n) is 20.1. The number of halogens is 1. The number of nitrogens with one attached hydrogen (secondary N) is 1. The number of benzene rings is 3. The number of unbranched alkanes of at least 4 members (excludes halogenated alkanes) is 1. The summed E-state index contributed by atoms with van der Waals surface area (Å²) >= 11 is 0. The molecule has 0 aromatic heterocycles. The average molecular weight is 459 g/mol. The molecule has 1 unspecified atom stereocenters. The van der Waals surface area contributed by atoms with Crippen LogP contribution in [-0.2, 0) is 12.8 Å². The molecule has 1 amide bonds. The highest BCUT2D eigenvalue weighted by Gasteiger charge is 2.24. The van der Waals surface area contributed by atoms with Crippen molar-refractivity contribution in [1.82, 2.24) is 10.2 Å². The van der Waals surface area contributed by atoms with Crippen LogP contribution in [-0.4, -0.2) is 36.5 Å². The number of hydrogen-bond donors (Lipinski definition) is 1. The maximum absolute atomic E-state index is 13.7. The second-order valence-electron chi connectivity index (χ2n) is 9.25. The summed E-state index contributed by atoms with van der Waals surface area (Å²) in [5, 5.41) is 3.06. The van der Waals surface area contributed by atoms with Gasteiger partial charge in [0.05, 0.1) is 0 Å². The van der Waals surface area contributed by atoms with Gasteiger partial charge >= 0.3 is 0 Å². The number of nitrogens with zero attached hydrogens (tertiary/aromatic N) is 1. The molecule has 0 fully saturated rings. The zero-order chi connectivity index (χ0) is 23.8. The molecule has 0 heterocycles. The van der Waals surface area contributed by atoms with E-state index in [-0.39, 0.29) is 11.7 Å². The summed E-state index contributed by atoms with van der Waals surface area (Å²) < 4.78 is 13.7. The van der Waals surface area contributed by atoms with Crippen molar-refractivity contribution in [2.75, 3.05) is 19.6 Å². The highest BCUT2D eigenvalue weighted by atomic mass is 19.1. The molecule has 4 heteroatoms. The molecule has 3 nitrogen and oxygen atoms in total. The number of rotatable bonds is 10. The van der Waals surface area contributed by atoms with Crippen molar-refractivity contribution < 1.29 is 9.18 Å². The van der Waals surface area contributed by atoms with Gasteiger partial charge in [-0.3, -0.25) is 4.79 Å². The Morgan fingerprint density at radius 3 is 2.47 bits per heavy atom. The predicted molar refractivity (Wildman–Crippen MR) is 138 cm³/mol. The van der Waals surface area contributed by atoms with E-state index in [0.29, 0.717) is 18.2 Å². The Balaban J connectivity index is 1.22. The smallest absolute Gasteiger partial charge is 0.251 e. The normalized spacial score (nSPS) is 15.2. The molecule has 0 spiro atoms. The van der Waals surface area contributed by atoms with Crippen molar-refractivity contribution in [3.05, 3.63) is 95.3 Å². The van der Waals surface area contributed by atoms with Crippen LogP contribution in [0.5, 0.6) is 0 Å². The molecule has 0 radical (unpaired) electrons. The van der Waals surface area contributed by atoms with Crippen molar-refractivity contribution in [3.8, 4) is 11.1 Å². The van der Waals surface area contributed by atoms with E-state index < -0.39 is 0 Å². The SMILES string of the molecule is CCCN(CCCCNC(=O)c1ccc(-c2ccccc2)cc1)C1CCc2ccc(F)cc2C1. The maximum Gasteiger partial charge on any atom is 0.251 e. The van der Waals surface area contributed by atoms with Crippen LogP contribution in [0, 0.1) is 5.82 Å². The van der Waals surface area contributed by atoms with Crippen molar-refractivity contribution in [3.63, 3.8) is 0 Å². The summed E-state index contributed by atoms with van der Waals surface area (Å²) in [7, 11) is 0. The van der Waals surface area contributed by atoms with E-state index in [0.717, 1.165) is 62.7 Å². The molecule has 1 N–H and O–H groups in total. The Morgan fingerprint density at radius 2 is 1.71 bits per heavy atom. The third kappa shape index (κ3) is 6.32. The van der Waals surface area contributed by atoms with E-state index in [2.05, 4.69) is 29.3 Å². The molecule has 0 aliphatic heterocycles. The Morgan fingerprint density at radius 1 is 0.941 bits per heavy atom. The lowest BCUT2D eigenvalue weighted by molar-refractivity contribution is 0.0952. The standard InChI is InChI=1S/C30H35FN2O/c1-2-19-33(29-17-15-25-14-16-28(31)21-27(25)22-29)20-7-6-18-32-30(34)26-12-10-24(11-13-26)23-8-4-3-5-9-23/h3-5,8-14,16,21,29H,2,6-7,15,17-20,22H2,1H3,(H,32,34). The molecule has 178 valence electrons. The van der Waals surface area contributed by atoms with Crippen molar-refractivity contribution in [2.24, 2.45) is 0 Å². The first-order valence-corrected chi connectivity index (χ1v) is 12.6. The molecule has 0 saturated heterocycles. The fraction of sp³-hybridized carbons (Fsp3) is 0.367. The second-order valence-corrected chi connectivity index (χ2v) is 9.25. The highest BCUT2D eigenvalue weighted by Crippen LogP contribution is 2.26. The molecular formula is C30H35FN2O. The Hall–Kier alpha value is -2.98. The van der Waals surface area contributed by atoms with Crippen LogP contribution in [0.1, 0.15) is 54.1 Å². The van der Waals surface area contributed by atoms with Gasteiger partial charge in [-0.2, -0.15) is 0 Å². The minimum absolute atomic E-state index is 0.0176. The second kappa shape index (κ2) is 11.9. The summed E-state index contributed by atoms with van der Waals surface area (Å²) in [5.74, 6) is -0.150. The van der Waals surface area contributed by atoms with Crippen molar-refractivity contribution in [1.29, 1.82) is 0 Å². The minimum atomic E-state index is -0.133. The van der Waals surface area contributed by atoms with Crippen LogP contribution in [0.4, 0.5) is 4.39 Å². The Bertz CT molecular complexity index is 1060. The van der Waals surface area contributed by atoms with E-state index in [1.807, 2.05) is 48.5 Å². The lowest BCUT2D eigenvalue weighted by Gasteiger charge is -2.35. The Kier molecular flexibility index (Phi) is 8.48. The van der Waals surface area contributed by atoms with Gasteiger partial charge in [-0.1, -0.05) is 55.5 Å². The first-order chi connectivity index (χ1) is 16.6. The third-order valence-electron chi connectivity index (χ3n) is 6.81. The fourth-order valence-corrected chi connectivity index (χ4v) is 4.97. The van der Waals surface area contributed by atoms with Gasteiger partial charge < -0.3 is 10.2 Å². The summed E-state index contributed by atoms with van der Waals surface area (Å²) in [6.07, 6.45) is 6.20. The quantitative estimate of drug-likeness (QED) is 0.363. The van der Waals surface area contributed by atoms with Gasteiger partial charge in [0.1, 0.15) is 5.82 Å². The molecule has 0 saturated carbocycles. The minimum Gasteiger partial charge on any atom is -0.352 e. The molecule has 0 bridgehead atoms. The van der Waals surface area contributed by atoms with Crippen molar-refractivity contribution in [2.45, 2.75) is 51.5 Å². The molecule has 4 rings (SSSR count). The maximum atomic E-state index is 13.7. The van der Waals surface area contributed by atoms with E-state index in [9.17, 15) is 9.18 Å². The van der Waals surface area contributed by atoms with Crippen LogP contribution in [0.2, 0.25) is 0 Å². The van der Waals surface area contributed by atoms with Gasteiger partial charge in [-0.25, -0.2) is 4.39 Å². The number of carbonyl (C=O) groups is 1. The molecule has 1 aliphatic carbocycles. The predicted octanol–water partition coefficient (Wildman–Crippen LogP) is 6.27. The largest absolute Gasteiger partial charge is 0.352 e. The third-order valence-corrected chi connectivity index (χ3v) is 6.81. The number of carbonyl (C=O) groups excluding carboxylic acids is 1. The number of aryl methyl sites for hydroxylation is 1. The monoisotopic (exact) mass is 458 g/mol. The molecule has 34 heavy (non-hydrogen) atoms. The van der Waals surface area contributed by atoms with Crippen LogP contribution in [0.15, 0.2) is 72.8 Å². The van der Waals surface area contributed by atoms with Crippen molar-refractivity contribution >= 4 is 5.91 Å². The van der Waals surface area contributed by atoms with Gasteiger partial charge in [-0.05, 0) is 98.1 Å². The molecule has 3 aromatic rings. The van der Waals surface area contributed by atoms with Crippen LogP contribution in [0.3, 0.4) is 0 Å². The van der Waals surface area contributed by atoms with E-state index in [1.54, 1.807) is 12.1 Å². The van der Waals surface area contributed by atoms with E-state index in [4.69, 9.17) is 0 Å². The summed E-state index contributed by atoms with van der Waals surface area (Å²) in [6.45, 7) is 4.98.